The van der Waals surface area contributed by atoms with Crippen molar-refractivity contribution in [2.75, 3.05) is 14.2 Å². The van der Waals surface area contributed by atoms with Crippen molar-refractivity contribution in [2.24, 2.45) is 0 Å². The highest BCUT2D eigenvalue weighted by Gasteiger charge is 2.20. The Labute approximate surface area is 130 Å². The van der Waals surface area contributed by atoms with E-state index in [1.807, 2.05) is 19.9 Å². The normalized spacial score (nSPS) is 11.1. The Morgan fingerprint density at radius 2 is 1.55 bits per heavy atom. The first-order valence-corrected chi connectivity index (χ1v) is 8.02. The molecule has 0 aliphatic carbocycles. The van der Waals surface area contributed by atoms with Crippen molar-refractivity contribution >= 4 is 10.1 Å². The molecule has 0 aromatic heterocycles. The number of ether oxygens (including phenoxy) is 2. The Kier molecular flexibility index (Phi) is 4.61. The number of aryl methyl sites for hydroxylation is 1. The molecule has 0 saturated carbocycles. The van der Waals surface area contributed by atoms with Gasteiger partial charge in [0.25, 0.3) is 0 Å². The lowest BCUT2D eigenvalue weighted by molar-refractivity contribution is 0.353. The molecule has 0 amide bonds. The smallest absolute Gasteiger partial charge is 0.339 e. The average molecular weight is 322 g/mol. The molecule has 0 N–H and O–H groups in total. The summed E-state index contributed by atoms with van der Waals surface area (Å²) in [6.07, 6.45) is 0. The van der Waals surface area contributed by atoms with Gasteiger partial charge in [-0.1, -0.05) is 12.1 Å². The molecular weight excluding hydrogens is 304 g/mol. The minimum absolute atomic E-state index is 0.00561. The van der Waals surface area contributed by atoms with Crippen molar-refractivity contribution in [2.45, 2.75) is 18.7 Å². The summed E-state index contributed by atoms with van der Waals surface area (Å²) in [4.78, 5) is 0.00561. The molecule has 2 aromatic rings. The van der Waals surface area contributed by atoms with Crippen molar-refractivity contribution in [1.29, 1.82) is 0 Å². The fourth-order valence-corrected chi connectivity index (χ4v) is 2.95. The van der Waals surface area contributed by atoms with Crippen molar-refractivity contribution in [1.82, 2.24) is 0 Å². The number of methoxy groups -OCH3 is 2. The van der Waals surface area contributed by atoms with E-state index in [1.165, 1.54) is 32.4 Å². The maximum absolute atomic E-state index is 12.4. The molecule has 0 radical (unpaired) electrons. The van der Waals surface area contributed by atoms with Gasteiger partial charge in [-0.3, -0.25) is 0 Å². The Balaban J connectivity index is 2.40. The van der Waals surface area contributed by atoms with Gasteiger partial charge in [0.05, 0.1) is 14.2 Å². The first-order valence-electron chi connectivity index (χ1n) is 6.62. The molecular formula is C16H18O5S. The predicted octanol–water partition coefficient (Wildman–Crippen LogP) is 3.09. The van der Waals surface area contributed by atoms with Gasteiger partial charge < -0.3 is 13.7 Å². The summed E-state index contributed by atoms with van der Waals surface area (Å²) in [6, 6.07) is 9.59. The van der Waals surface area contributed by atoms with E-state index in [9.17, 15) is 8.42 Å². The third kappa shape index (κ3) is 3.17. The summed E-state index contributed by atoms with van der Waals surface area (Å²) in [5.41, 5.74) is 1.74. The van der Waals surface area contributed by atoms with E-state index in [-0.39, 0.29) is 4.90 Å². The standard InChI is InChI=1S/C16H18O5S/c1-11-6-5-7-14(12(11)2)21-22(17,18)13-8-9-15(19-3)16(10-13)20-4/h5-10H,1-4H3. The van der Waals surface area contributed by atoms with E-state index < -0.39 is 10.1 Å². The molecule has 5 nitrogen and oxygen atoms in total. The SMILES string of the molecule is COc1ccc(S(=O)(=O)Oc2cccc(C)c2C)cc1OC. The highest BCUT2D eigenvalue weighted by Crippen LogP contribution is 2.31. The van der Waals surface area contributed by atoms with Gasteiger partial charge in [-0.2, -0.15) is 8.42 Å². The van der Waals surface area contributed by atoms with Crippen LogP contribution in [-0.2, 0) is 10.1 Å². The Morgan fingerprint density at radius 3 is 2.18 bits per heavy atom. The zero-order chi connectivity index (χ0) is 16.3. The molecule has 0 saturated heterocycles. The number of rotatable bonds is 5. The second-order valence-electron chi connectivity index (χ2n) is 4.75. The molecule has 0 atom stereocenters. The molecule has 0 bridgehead atoms. The second kappa shape index (κ2) is 6.27. The highest BCUT2D eigenvalue weighted by atomic mass is 32.2. The molecule has 22 heavy (non-hydrogen) atoms. The van der Waals surface area contributed by atoms with E-state index in [1.54, 1.807) is 12.1 Å². The summed E-state index contributed by atoms with van der Waals surface area (Å²) in [6.45, 7) is 3.71. The van der Waals surface area contributed by atoms with Gasteiger partial charge in [0.2, 0.25) is 0 Å². The van der Waals surface area contributed by atoms with Crippen molar-refractivity contribution < 1.29 is 22.1 Å². The van der Waals surface area contributed by atoms with E-state index in [0.717, 1.165) is 11.1 Å². The van der Waals surface area contributed by atoms with Crippen molar-refractivity contribution in [3.05, 3.63) is 47.5 Å². The lowest BCUT2D eigenvalue weighted by Gasteiger charge is -2.12. The molecule has 0 unspecified atom stereocenters. The van der Waals surface area contributed by atoms with Gasteiger partial charge in [0, 0.05) is 6.07 Å². The van der Waals surface area contributed by atoms with Crippen LogP contribution in [0, 0.1) is 13.8 Å². The first kappa shape index (κ1) is 16.2. The number of benzene rings is 2. The Hall–Kier alpha value is -2.21. The highest BCUT2D eigenvalue weighted by molar-refractivity contribution is 7.87. The largest absolute Gasteiger partial charge is 0.493 e. The summed E-state index contributed by atoms with van der Waals surface area (Å²) < 4.78 is 40.3. The van der Waals surface area contributed by atoms with Crippen LogP contribution in [0.1, 0.15) is 11.1 Å². The van der Waals surface area contributed by atoms with E-state index in [0.29, 0.717) is 17.2 Å². The molecule has 0 aliphatic rings. The van der Waals surface area contributed by atoms with E-state index in [4.69, 9.17) is 13.7 Å². The van der Waals surface area contributed by atoms with Gasteiger partial charge in [0.1, 0.15) is 10.6 Å². The van der Waals surface area contributed by atoms with Crippen LogP contribution in [0.3, 0.4) is 0 Å². The molecule has 2 aromatic carbocycles. The van der Waals surface area contributed by atoms with Crippen LogP contribution in [0.4, 0.5) is 0 Å². The van der Waals surface area contributed by atoms with Crippen LogP contribution >= 0.6 is 0 Å². The maximum Gasteiger partial charge on any atom is 0.339 e. The molecule has 0 spiro atoms. The molecule has 118 valence electrons. The zero-order valence-corrected chi connectivity index (χ0v) is 13.7. The van der Waals surface area contributed by atoms with Gasteiger partial charge in [-0.15, -0.1) is 0 Å². The van der Waals surface area contributed by atoms with Crippen molar-refractivity contribution in [3.8, 4) is 17.2 Å². The summed E-state index contributed by atoms with van der Waals surface area (Å²) in [7, 11) is -1.02. The Morgan fingerprint density at radius 1 is 0.864 bits per heavy atom. The quantitative estimate of drug-likeness (QED) is 0.792. The topological polar surface area (TPSA) is 61.8 Å². The lowest BCUT2D eigenvalue weighted by Crippen LogP contribution is -2.11. The lowest BCUT2D eigenvalue weighted by atomic mass is 10.1. The second-order valence-corrected chi connectivity index (χ2v) is 6.30. The maximum atomic E-state index is 12.4. The van der Waals surface area contributed by atoms with Crippen LogP contribution < -0.4 is 13.7 Å². The molecule has 6 heteroatoms. The average Bonchev–Trinajstić information content (AvgIpc) is 2.51. The minimum Gasteiger partial charge on any atom is -0.493 e. The third-order valence-corrected chi connectivity index (χ3v) is 4.63. The fraction of sp³-hybridized carbons (Fsp3) is 0.250. The predicted molar refractivity (Wildman–Crippen MR) is 83.3 cm³/mol. The number of hydrogen-bond donors (Lipinski definition) is 0. The molecule has 0 fully saturated rings. The van der Waals surface area contributed by atoms with Crippen LogP contribution in [0.2, 0.25) is 0 Å². The Bertz CT molecular complexity index is 781. The molecule has 0 heterocycles. The van der Waals surface area contributed by atoms with E-state index >= 15 is 0 Å². The summed E-state index contributed by atoms with van der Waals surface area (Å²) in [5.74, 6) is 1.09. The van der Waals surface area contributed by atoms with Crippen LogP contribution in [0.5, 0.6) is 17.2 Å². The van der Waals surface area contributed by atoms with Crippen LogP contribution in [-0.4, -0.2) is 22.6 Å². The third-order valence-electron chi connectivity index (χ3n) is 3.40. The fourth-order valence-electron chi connectivity index (χ4n) is 1.95. The molecule has 0 aliphatic heterocycles. The summed E-state index contributed by atoms with van der Waals surface area (Å²) in [5, 5.41) is 0. The van der Waals surface area contributed by atoms with Gasteiger partial charge >= 0.3 is 10.1 Å². The minimum atomic E-state index is -3.95. The first-order chi connectivity index (χ1) is 10.4. The van der Waals surface area contributed by atoms with Crippen LogP contribution in [0.25, 0.3) is 0 Å². The zero-order valence-electron chi connectivity index (χ0n) is 12.9. The number of hydrogen-bond acceptors (Lipinski definition) is 5. The summed E-state index contributed by atoms with van der Waals surface area (Å²) >= 11 is 0. The van der Waals surface area contributed by atoms with Crippen molar-refractivity contribution in [3.63, 3.8) is 0 Å². The van der Waals surface area contributed by atoms with E-state index in [2.05, 4.69) is 0 Å². The van der Waals surface area contributed by atoms with Crippen LogP contribution in [0.15, 0.2) is 41.3 Å². The van der Waals surface area contributed by atoms with Gasteiger partial charge in [0.15, 0.2) is 11.5 Å². The van der Waals surface area contributed by atoms with Gasteiger partial charge in [-0.05, 0) is 43.2 Å². The van der Waals surface area contributed by atoms with Gasteiger partial charge in [-0.25, -0.2) is 0 Å². The molecule has 2 rings (SSSR count). The monoisotopic (exact) mass is 322 g/mol.